The van der Waals surface area contributed by atoms with Crippen molar-refractivity contribution in [2.24, 2.45) is 0 Å². The van der Waals surface area contributed by atoms with Crippen LogP contribution >= 0.6 is 0 Å². The van der Waals surface area contributed by atoms with E-state index in [9.17, 15) is 18.0 Å². The Kier molecular flexibility index (Phi) is 3.19. The van der Waals surface area contributed by atoms with Crippen LogP contribution in [0.15, 0.2) is 24.3 Å². The minimum Gasteiger partial charge on any atom is -0.329 e. The molecule has 0 spiro atoms. The van der Waals surface area contributed by atoms with Crippen molar-refractivity contribution in [1.82, 2.24) is 10.2 Å². The first kappa shape index (κ1) is 12.7. The van der Waals surface area contributed by atoms with E-state index in [0.29, 0.717) is 18.7 Å². The van der Waals surface area contributed by atoms with E-state index >= 15 is 0 Å². The average Bonchev–Trinajstić information content (AvgIpc) is 2.69. The lowest BCUT2D eigenvalue weighted by Gasteiger charge is -2.12. The van der Waals surface area contributed by atoms with Crippen molar-refractivity contribution in [3.63, 3.8) is 0 Å². The molecule has 1 fully saturated rings. The monoisotopic (exact) mass is 258 g/mol. The summed E-state index contributed by atoms with van der Waals surface area (Å²) in [6, 6.07) is 4.48. The highest BCUT2D eigenvalue weighted by Gasteiger charge is 2.32. The Bertz CT molecular complexity index is 442. The Labute approximate surface area is 103 Å². The molecule has 1 aromatic carbocycles. The van der Waals surface area contributed by atoms with Gasteiger partial charge in [0.25, 0.3) is 0 Å². The van der Waals surface area contributed by atoms with E-state index in [4.69, 9.17) is 0 Å². The van der Waals surface area contributed by atoms with Gasteiger partial charge in [0, 0.05) is 13.1 Å². The maximum absolute atomic E-state index is 12.4. The van der Waals surface area contributed by atoms with Crippen molar-refractivity contribution in [3.8, 4) is 0 Å². The van der Waals surface area contributed by atoms with Gasteiger partial charge in [0.2, 0.25) is 0 Å². The van der Waals surface area contributed by atoms with Crippen molar-refractivity contribution in [3.05, 3.63) is 35.4 Å². The molecule has 2 amide bonds. The van der Waals surface area contributed by atoms with Gasteiger partial charge in [0.15, 0.2) is 0 Å². The number of carbonyl (C=O) groups is 1. The zero-order valence-electron chi connectivity index (χ0n) is 9.79. The molecule has 6 heteroatoms. The summed E-state index contributed by atoms with van der Waals surface area (Å²) in [5, 5.41) is 2.74. The summed E-state index contributed by atoms with van der Waals surface area (Å²) in [5.74, 6) is 0. The van der Waals surface area contributed by atoms with Crippen molar-refractivity contribution in [2.45, 2.75) is 19.1 Å². The van der Waals surface area contributed by atoms with E-state index < -0.39 is 11.7 Å². The van der Waals surface area contributed by atoms with Crippen molar-refractivity contribution in [2.75, 3.05) is 13.1 Å². The van der Waals surface area contributed by atoms with Crippen LogP contribution in [0.3, 0.4) is 0 Å². The summed E-state index contributed by atoms with van der Waals surface area (Å²) in [6.07, 6.45) is -4.33. The highest BCUT2D eigenvalue weighted by molar-refractivity contribution is 5.77. The van der Waals surface area contributed by atoms with Gasteiger partial charge in [-0.05, 0) is 24.6 Å². The third kappa shape index (κ3) is 2.42. The molecule has 0 bridgehead atoms. The second-order valence-electron chi connectivity index (χ2n) is 4.16. The zero-order valence-corrected chi connectivity index (χ0v) is 9.79. The molecule has 0 aliphatic carbocycles. The average molecular weight is 258 g/mol. The van der Waals surface area contributed by atoms with Crippen LogP contribution in [-0.4, -0.2) is 24.0 Å². The van der Waals surface area contributed by atoms with Gasteiger partial charge in [-0.2, -0.15) is 13.2 Å². The predicted molar refractivity (Wildman–Crippen MR) is 60.0 cm³/mol. The second kappa shape index (κ2) is 4.51. The molecule has 0 aromatic heterocycles. The van der Waals surface area contributed by atoms with Crippen LogP contribution in [-0.2, 0) is 6.18 Å². The van der Waals surface area contributed by atoms with Gasteiger partial charge >= 0.3 is 12.2 Å². The minimum absolute atomic E-state index is 0.178. The Morgan fingerprint density at radius 2 is 1.94 bits per heavy atom. The molecule has 98 valence electrons. The molecule has 0 saturated carbocycles. The summed E-state index contributed by atoms with van der Waals surface area (Å²) in [6.45, 7) is 2.93. The molecule has 1 heterocycles. The van der Waals surface area contributed by atoms with Gasteiger partial charge in [-0.1, -0.05) is 12.1 Å². The second-order valence-corrected chi connectivity index (χ2v) is 4.16. The summed E-state index contributed by atoms with van der Waals surface area (Å²) in [5.41, 5.74) is 0.00946. The van der Waals surface area contributed by atoms with Crippen molar-refractivity contribution in [1.29, 1.82) is 0 Å². The van der Waals surface area contributed by atoms with Gasteiger partial charge in [-0.3, -0.25) is 0 Å². The Morgan fingerprint density at radius 1 is 1.33 bits per heavy atom. The number of nitrogens with one attached hydrogen (secondary N) is 1. The number of urea groups is 1. The number of hydrogen-bond acceptors (Lipinski definition) is 1. The number of hydrogen-bond donors (Lipinski definition) is 1. The first-order chi connectivity index (χ1) is 8.41. The Hall–Kier alpha value is -1.72. The lowest BCUT2D eigenvalue weighted by Crippen LogP contribution is -2.27. The number of likely N-dealkylation sites (N-methyl/N-ethyl adjacent to an activating group) is 1. The highest BCUT2D eigenvalue weighted by atomic mass is 19.4. The molecule has 1 unspecified atom stereocenters. The molecule has 2 rings (SSSR count). The van der Waals surface area contributed by atoms with E-state index in [1.54, 1.807) is 4.90 Å². The molecule has 1 atom stereocenters. The molecule has 0 radical (unpaired) electrons. The number of alkyl halides is 3. The first-order valence-electron chi connectivity index (χ1n) is 5.64. The normalized spacial score (nSPS) is 20.1. The SMILES string of the molecule is CCN1CC(c2ccc(C(F)(F)F)cc2)NC1=O. The summed E-state index contributed by atoms with van der Waals surface area (Å²) in [7, 11) is 0. The van der Waals surface area contributed by atoms with Crippen LogP contribution in [0, 0.1) is 0 Å². The fourth-order valence-electron chi connectivity index (χ4n) is 1.96. The molecule has 1 aliphatic rings. The van der Waals surface area contributed by atoms with E-state index in [1.165, 1.54) is 12.1 Å². The predicted octanol–water partition coefficient (Wildman–Crippen LogP) is 2.79. The first-order valence-corrected chi connectivity index (χ1v) is 5.64. The van der Waals surface area contributed by atoms with Gasteiger partial charge in [0.1, 0.15) is 0 Å². The van der Waals surface area contributed by atoms with E-state index in [2.05, 4.69) is 5.32 Å². The number of carbonyl (C=O) groups excluding carboxylic acids is 1. The quantitative estimate of drug-likeness (QED) is 0.869. The largest absolute Gasteiger partial charge is 0.416 e. The lowest BCUT2D eigenvalue weighted by atomic mass is 10.1. The van der Waals surface area contributed by atoms with Gasteiger partial charge in [0.05, 0.1) is 11.6 Å². The third-order valence-electron chi connectivity index (χ3n) is 3.01. The van der Waals surface area contributed by atoms with Crippen molar-refractivity contribution < 1.29 is 18.0 Å². The smallest absolute Gasteiger partial charge is 0.329 e. The Morgan fingerprint density at radius 3 is 2.39 bits per heavy atom. The summed E-state index contributed by atoms with van der Waals surface area (Å²) in [4.78, 5) is 13.1. The highest BCUT2D eigenvalue weighted by Crippen LogP contribution is 2.30. The molecule has 1 N–H and O–H groups in total. The number of amides is 2. The van der Waals surface area contributed by atoms with E-state index in [0.717, 1.165) is 12.1 Å². The van der Waals surface area contributed by atoms with Crippen LogP contribution in [0.1, 0.15) is 24.1 Å². The fraction of sp³-hybridized carbons (Fsp3) is 0.417. The van der Waals surface area contributed by atoms with Crippen LogP contribution < -0.4 is 5.32 Å². The number of halogens is 3. The molecule has 18 heavy (non-hydrogen) atoms. The maximum Gasteiger partial charge on any atom is 0.416 e. The van der Waals surface area contributed by atoms with Crippen LogP contribution in [0.25, 0.3) is 0 Å². The van der Waals surface area contributed by atoms with E-state index in [-0.39, 0.29) is 12.1 Å². The number of rotatable bonds is 2. The van der Waals surface area contributed by atoms with Gasteiger partial charge in [-0.15, -0.1) is 0 Å². The lowest BCUT2D eigenvalue weighted by molar-refractivity contribution is -0.137. The number of benzene rings is 1. The summed E-state index contributed by atoms with van der Waals surface area (Å²) >= 11 is 0. The molecule has 1 aromatic rings. The Balaban J connectivity index is 2.14. The van der Waals surface area contributed by atoms with Crippen LogP contribution in [0.4, 0.5) is 18.0 Å². The van der Waals surface area contributed by atoms with Crippen LogP contribution in [0.2, 0.25) is 0 Å². The third-order valence-corrected chi connectivity index (χ3v) is 3.01. The van der Waals surface area contributed by atoms with E-state index in [1.807, 2.05) is 6.92 Å². The molecular weight excluding hydrogens is 245 g/mol. The standard InChI is InChI=1S/C12H13F3N2O/c1-2-17-7-10(16-11(17)18)8-3-5-9(6-4-8)12(13,14)15/h3-6,10H,2,7H2,1H3,(H,16,18). The summed E-state index contributed by atoms with van der Waals surface area (Å²) < 4.78 is 37.2. The topological polar surface area (TPSA) is 32.3 Å². The molecule has 1 aliphatic heterocycles. The zero-order chi connectivity index (χ0) is 13.3. The molecule has 1 saturated heterocycles. The molecular formula is C12H13F3N2O. The van der Waals surface area contributed by atoms with Gasteiger partial charge < -0.3 is 10.2 Å². The van der Waals surface area contributed by atoms with Crippen molar-refractivity contribution >= 4 is 6.03 Å². The molecule has 3 nitrogen and oxygen atoms in total. The fourth-order valence-corrected chi connectivity index (χ4v) is 1.96. The van der Waals surface area contributed by atoms with Gasteiger partial charge in [-0.25, -0.2) is 4.79 Å². The van der Waals surface area contributed by atoms with Crippen LogP contribution in [0.5, 0.6) is 0 Å². The maximum atomic E-state index is 12.4. The number of nitrogens with zero attached hydrogens (tertiary/aromatic N) is 1. The minimum atomic E-state index is -4.33.